The Morgan fingerprint density at radius 3 is 2.59 bits per heavy atom. The van der Waals surface area contributed by atoms with Crippen molar-refractivity contribution in [2.75, 3.05) is 20.1 Å². The minimum Gasteiger partial charge on any atom is -0.497 e. The molecule has 0 aliphatic heterocycles. The summed E-state index contributed by atoms with van der Waals surface area (Å²) in [5.74, 6) is 9.14. The van der Waals surface area contributed by atoms with Gasteiger partial charge in [-0.05, 0) is 34.7 Å². The Hall–Kier alpha value is -3.60. The average molecular weight is 410 g/mol. The predicted molar refractivity (Wildman–Crippen MR) is 107 cm³/mol. The number of benzene rings is 2. The number of rotatable bonds is 7. The molecule has 2 aromatic carbocycles. The largest absolute Gasteiger partial charge is 0.497 e. The summed E-state index contributed by atoms with van der Waals surface area (Å²) in [5.41, 5.74) is 1.59. The molecular formula is C18H18N8O2S. The molecule has 0 spiro atoms. The lowest BCUT2D eigenvalue weighted by Gasteiger charge is -2.10. The van der Waals surface area contributed by atoms with Gasteiger partial charge in [0.15, 0.2) is 11.6 Å². The SMILES string of the molecule is COc1ccc(-c2nnc(SCc3nnnn3-c3ccccc3)n2N)c(OC)c1. The molecular weight excluding hydrogens is 392 g/mol. The molecule has 0 aliphatic rings. The quantitative estimate of drug-likeness (QED) is 0.360. The highest BCUT2D eigenvalue weighted by molar-refractivity contribution is 7.98. The number of ether oxygens (including phenoxy) is 2. The van der Waals surface area contributed by atoms with Gasteiger partial charge in [-0.1, -0.05) is 30.0 Å². The van der Waals surface area contributed by atoms with E-state index in [9.17, 15) is 0 Å². The van der Waals surface area contributed by atoms with Crippen LogP contribution in [0.3, 0.4) is 0 Å². The molecule has 0 radical (unpaired) electrons. The van der Waals surface area contributed by atoms with Crippen LogP contribution >= 0.6 is 11.8 Å². The number of nitrogens with two attached hydrogens (primary N) is 1. The van der Waals surface area contributed by atoms with Gasteiger partial charge in [-0.2, -0.15) is 4.68 Å². The third-order valence-corrected chi connectivity index (χ3v) is 5.12. The van der Waals surface area contributed by atoms with Gasteiger partial charge >= 0.3 is 0 Å². The number of nitrogens with zero attached hydrogens (tertiary/aromatic N) is 7. The van der Waals surface area contributed by atoms with E-state index in [1.165, 1.54) is 16.4 Å². The van der Waals surface area contributed by atoms with E-state index in [0.717, 1.165) is 5.69 Å². The maximum absolute atomic E-state index is 6.24. The zero-order chi connectivity index (χ0) is 20.2. The molecule has 4 aromatic rings. The fourth-order valence-corrected chi connectivity index (χ4v) is 3.50. The van der Waals surface area contributed by atoms with Gasteiger partial charge in [-0.25, -0.2) is 4.68 Å². The summed E-state index contributed by atoms with van der Waals surface area (Å²) < 4.78 is 13.8. The molecule has 0 atom stereocenters. The topological polar surface area (TPSA) is 119 Å². The summed E-state index contributed by atoms with van der Waals surface area (Å²) in [4.78, 5) is 0. The molecule has 0 fully saturated rings. The summed E-state index contributed by atoms with van der Waals surface area (Å²) in [7, 11) is 3.17. The number of nitrogen functional groups attached to an aromatic ring is 1. The molecule has 0 unspecified atom stereocenters. The molecule has 0 saturated heterocycles. The third kappa shape index (κ3) is 3.72. The fourth-order valence-electron chi connectivity index (χ4n) is 2.74. The molecule has 11 heteroatoms. The van der Waals surface area contributed by atoms with Gasteiger partial charge in [0, 0.05) is 6.07 Å². The van der Waals surface area contributed by atoms with Crippen molar-refractivity contribution < 1.29 is 9.47 Å². The van der Waals surface area contributed by atoms with Gasteiger partial charge in [0.05, 0.1) is 31.2 Å². The van der Waals surface area contributed by atoms with Crippen LogP contribution in [0, 0.1) is 0 Å². The third-order valence-electron chi connectivity index (χ3n) is 4.18. The summed E-state index contributed by atoms with van der Waals surface area (Å²) in [6.07, 6.45) is 0. The highest BCUT2D eigenvalue weighted by atomic mass is 32.2. The smallest absolute Gasteiger partial charge is 0.210 e. The molecule has 2 aromatic heterocycles. The van der Waals surface area contributed by atoms with Crippen molar-refractivity contribution in [2.45, 2.75) is 10.9 Å². The van der Waals surface area contributed by atoms with Crippen LogP contribution in [0.25, 0.3) is 17.1 Å². The van der Waals surface area contributed by atoms with Crippen molar-refractivity contribution >= 4 is 11.8 Å². The molecule has 2 heterocycles. The highest BCUT2D eigenvalue weighted by Gasteiger charge is 2.18. The first-order valence-corrected chi connectivity index (χ1v) is 9.58. The molecule has 2 N–H and O–H groups in total. The van der Waals surface area contributed by atoms with Gasteiger partial charge in [0.1, 0.15) is 11.5 Å². The number of para-hydroxylation sites is 1. The maximum Gasteiger partial charge on any atom is 0.210 e. The fraction of sp³-hybridized carbons (Fsp3) is 0.167. The molecule has 0 amide bonds. The summed E-state index contributed by atoms with van der Waals surface area (Å²) in [6, 6.07) is 15.1. The number of tetrazole rings is 1. The van der Waals surface area contributed by atoms with Crippen LogP contribution in [0.4, 0.5) is 0 Å². The van der Waals surface area contributed by atoms with Crippen molar-refractivity contribution in [2.24, 2.45) is 0 Å². The Bertz CT molecular complexity index is 1110. The maximum atomic E-state index is 6.24. The summed E-state index contributed by atoms with van der Waals surface area (Å²) in [5, 5.41) is 20.9. The van der Waals surface area contributed by atoms with Gasteiger partial charge in [0.25, 0.3) is 0 Å². The van der Waals surface area contributed by atoms with E-state index in [0.29, 0.717) is 39.6 Å². The average Bonchev–Trinajstić information content (AvgIpc) is 3.39. The van der Waals surface area contributed by atoms with Crippen LogP contribution in [-0.2, 0) is 5.75 Å². The summed E-state index contributed by atoms with van der Waals surface area (Å²) >= 11 is 1.39. The Kier molecular flexibility index (Phi) is 5.29. The van der Waals surface area contributed by atoms with E-state index < -0.39 is 0 Å². The van der Waals surface area contributed by atoms with Crippen LogP contribution in [0.1, 0.15) is 5.82 Å². The van der Waals surface area contributed by atoms with Crippen molar-refractivity contribution in [1.82, 2.24) is 35.1 Å². The minimum absolute atomic E-state index is 0.469. The second-order valence-electron chi connectivity index (χ2n) is 5.87. The second-order valence-corrected chi connectivity index (χ2v) is 6.82. The lowest BCUT2D eigenvalue weighted by molar-refractivity contribution is 0.395. The number of thioether (sulfide) groups is 1. The van der Waals surface area contributed by atoms with E-state index >= 15 is 0 Å². The van der Waals surface area contributed by atoms with E-state index in [1.54, 1.807) is 25.0 Å². The molecule has 148 valence electrons. The number of hydrogen-bond acceptors (Lipinski definition) is 9. The van der Waals surface area contributed by atoms with Crippen molar-refractivity contribution in [3.8, 4) is 28.6 Å². The van der Waals surface area contributed by atoms with Crippen molar-refractivity contribution in [3.05, 3.63) is 54.4 Å². The van der Waals surface area contributed by atoms with Gasteiger partial charge < -0.3 is 15.3 Å². The Morgan fingerprint density at radius 1 is 1.00 bits per heavy atom. The number of hydrogen-bond donors (Lipinski definition) is 1. The standard InChI is InChI=1S/C18H18N8O2S/c1-27-13-8-9-14(15(10-13)28-2)17-21-22-18(25(17)19)29-11-16-20-23-24-26(16)12-6-4-3-5-7-12/h3-10H,11,19H2,1-2H3. The Morgan fingerprint density at radius 2 is 1.83 bits per heavy atom. The first-order chi connectivity index (χ1) is 14.2. The predicted octanol–water partition coefficient (Wildman–Crippen LogP) is 1.94. The Balaban J connectivity index is 1.56. The van der Waals surface area contributed by atoms with E-state index in [1.807, 2.05) is 42.5 Å². The van der Waals surface area contributed by atoms with E-state index in [2.05, 4.69) is 25.7 Å². The summed E-state index contributed by atoms with van der Waals surface area (Å²) in [6.45, 7) is 0. The highest BCUT2D eigenvalue weighted by Crippen LogP contribution is 2.33. The Labute approximate surface area is 170 Å². The number of methoxy groups -OCH3 is 2. The monoisotopic (exact) mass is 410 g/mol. The van der Waals surface area contributed by atoms with E-state index in [-0.39, 0.29) is 0 Å². The van der Waals surface area contributed by atoms with Crippen LogP contribution in [-0.4, -0.2) is 49.3 Å². The molecule has 0 saturated carbocycles. The van der Waals surface area contributed by atoms with Gasteiger partial charge in [0.2, 0.25) is 5.16 Å². The normalized spacial score (nSPS) is 10.8. The minimum atomic E-state index is 0.469. The van der Waals surface area contributed by atoms with Gasteiger partial charge in [-0.3, -0.25) is 0 Å². The van der Waals surface area contributed by atoms with Crippen molar-refractivity contribution in [3.63, 3.8) is 0 Å². The first-order valence-electron chi connectivity index (χ1n) is 8.59. The molecule has 4 rings (SSSR count). The van der Waals surface area contributed by atoms with Gasteiger partial charge in [-0.15, -0.1) is 15.3 Å². The van der Waals surface area contributed by atoms with Crippen molar-refractivity contribution in [1.29, 1.82) is 0 Å². The molecule has 0 bridgehead atoms. The van der Waals surface area contributed by atoms with Crippen LogP contribution in [0.15, 0.2) is 53.7 Å². The van der Waals surface area contributed by atoms with Crippen LogP contribution in [0.5, 0.6) is 11.5 Å². The van der Waals surface area contributed by atoms with E-state index in [4.69, 9.17) is 15.3 Å². The lowest BCUT2D eigenvalue weighted by atomic mass is 10.2. The number of aromatic nitrogens is 7. The lowest BCUT2D eigenvalue weighted by Crippen LogP contribution is -2.12. The van der Waals surface area contributed by atoms with Crippen LogP contribution < -0.4 is 15.3 Å². The molecule has 0 aliphatic carbocycles. The second kappa shape index (κ2) is 8.19. The van der Waals surface area contributed by atoms with Crippen LogP contribution in [0.2, 0.25) is 0 Å². The zero-order valence-electron chi connectivity index (χ0n) is 15.8. The molecule has 10 nitrogen and oxygen atoms in total. The zero-order valence-corrected chi connectivity index (χ0v) is 16.6. The first kappa shape index (κ1) is 18.7. The molecule has 29 heavy (non-hydrogen) atoms.